The largest absolute Gasteiger partial charge is 0.458 e. The Labute approximate surface area is 98.1 Å². The smallest absolute Gasteiger partial charge is 0.333 e. The van der Waals surface area contributed by atoms with E-state index in [1.807, 2.05) is 0 Å². The molecule has 2 saturated carbocycles. The third-order valence-corrected chi connectivity index (χ3v) is 5.31. The average molecular weight is 222 g/mol. The van der Waals surface area contributed by atoms with E-state index in [0.717, 1.165) is 6.42 Å². The Bertz CT molecular complexity index is 343. The summed E-state index contributed by atoms with van der Waals surface area (Å²) >= 11 is 0. The lowest BCUT2D eigenvalue weighted by molar-refractivity contribution is -0.151. The molecule has 0 aromatic carbocycles. The molecular weight excluding hydrogens is 200 g/mol. The first kappa shape index (κ1) is 11.7. The van der Waals surface area contributed by atoms with E-state index in [2.05, 4.69) is 27.4 Å². The molecule has 0 saturated heterocycles. The monoisotopic (exact) mass is 222 g/mol. The van der Waals surface area contributed by atoms with Gasteiger partial charge in [0.25, 0.3) is 0 Å². The summed E-state index contributed by atoms with van der Waals surface area (Å²) in [6.45, 7) is 12.3. The predicted molar refractivity (Wildman–Crippen MR) is 63.9 cm³/mol. The highest BCUT2D eigenvalue weighted by molar-refractivity contribution is 5.87. The number of fused-ring (bicyclic) bond motifs is 2. The van der Waals surface area contributed by atoms with Crippen LogP contribution in [0.15, 0.2) is 12.2 Å². The lowest BCUT2D eigenvalue weighted by Gasteiger charge is -2.38. The van der Waals surface area contributed by atoms with Crippen LogP contribution in [0, 0.1) is 16.7 Å². The molecular formula is C14H22O2. The maximum Gasteiger partial charge on any atom is 0.333 e. The Kier molecular flexibility index (Phi) is 2.45. The van der Waals surface area contributed by atoms with Crippen LogP contribution in [0.1, 0.15) is 47.0 Å². The molecule has 0 aromatic heterocycles. The second-order valence-electron chi connectivity index (χ2n) is 6.28. The van der Waals surface area contributed by atoms with Gasteiger partial charge < -0.3 is 4.74 Å². The van der Waals surface area contributed by atoms with Crippen LogP contribution in [-0.4, -0.2) is 12.1 Å². The molecule has 0 heterocycles. The number of esters is 1. The second kappa shape index (κ2) is 3.35. The van der Waals surface area contributed by atoms with Gasteiger partial charge in [0.2, 0.25) is 0 Å². The maximum atomic E-state index is 11.6. The molecule has 0 unspecified atom stereocenters. The van der Waals surface area contributed by atoms with Gasteiger partial charge in [-0.1, -0.05) is 27.4 Å². The molecule has 2 fully saturated rings. The van der Waals surface area contributed by atoms with Gasteiger partial charge in [0, 0.05) is 11.0 Å². The highest BCUT2D eigenvalue weighted by Crippen LogP contribution is 2.66. The molecule has 0 radical (unpaired) electrons. The highest BCUT2D eigenvalue weighted by atomic mass is 16.5. The molecule has 2 aliphatic rings. The molecule has 2 bridgehead atoms. The van der Waals surface area contributed by atoms with Crippen LogP contribution in [0.4, 0.5) is 0 Å². The topological polar surface area (TPSA) is 26.3 Å². The van der Waals surface area contributed by atoms with Crippen molar-refractivity contribution in [2.75, 3.05) is 0 Å². The van der Waals surface area contributed by atoms with Crippen molar-refractivity contribution in [3.05, 3.63) is 12.2 Å². The Hall–Kier alpha value is -0.790. The van der Waals surface area contributed by atoms with E-state index in [-0.39, 0.29) is 17.5 Å². The first-order valence-corrected chi connectivity index (χ1v) is 6.15. The minimum atomic E-state index is -0.227. The number of hydrogen-bond acceptors (Lipinski definition) is 2. The van der Waals surface area contributed by atoms with Gasteiger partial charge in [0.1, 0.15) is 6.10 Å². The minimum Gasteiger partial charge on any atom is -0.458 e. The molecule has 2 nitrogen and oxygen atoms in total. The summed E-state index contributed by atoms with van der Waals surface area (Å²) in [5, 5.41) is 0. The normalized spacial score (nSPS) is 39.8. The fourth-order valence-corrected chi connectivity index (χ4v) is 3.54. The van der Waals surface area contributed by atoms with Crippen LogP contribution in [-0.2, 0) is 9.53 Å². The Morgan fingerprint density at radius 2 is 2.00 bits per heavy atom. The van der Waals surface area contributed by atoms with Crippen LogP contribution in [0.25, 0.3) is 0 Å². The third kappa shape index (κ3) is 1.35. The second-order valence-corrected chi connectivity index (χ2v) is 6.28. The zero-order chi connectivity index (χ0) is 12.1. The number of carbonyl (C=O) groups is 1. The summed E-state index contributed by atoms with van der Waals surface area (Å²) in [6, 6.07) is 0. The molecule has 16 heavy (non-hydrogen) atoms. The Balaban J connectivity index is 2.16. The van der Waals surface area contributed by atoms with Gasteiger partial charge in [-0.2, -0.15) is 0 Å². The van der Waals surface area contributed by atoms with Crippen molar-refractivity contribution in [3.63, 3.8) is 0 Å². The lowest BCUT2D eigenvalue weighted by Crippen LogP contribution is -2.38. The van der Waals surface area contributed by atoms with Crippen LogP contribution >= 0.6 is 0 Å². The molecule has 2 aliphatic carbocycles. The van der Waals surface area contributed by atoms with Crippen LogP contribution in [0.5, 0.6) is 0 Å². The van der Waals surface area contributed by atoms with Gasteiger partial charge in [0.15, 0.2) is 0 Å². The SMILES string of the molecule is C=C(C)C(=O)O[C@@H]1C[C@@H]2CC[C@]1(C)C2(C)C. The summed E-state index contributed by atoms with van der Waals surface area (Å²) in [4.78, 5) is 11.6. The predicted octanol–water partition coefficient (Wildman–Crippen LogP) is 3.32. The number of carbonyl (C=O) groups excluding carboxylic acids is 1. The van der Waals surface area contributed by atoms with Crippen LogP contribution in [0.2, 0.25) is 0 Å². The van der Waals surface area contributed by atoms with Crippen molar-refractivity contribution in [1.29, 1.82) is 0 Å². The highest BCUT2D eigenvalue weighted by Gasteiger charge is 2.62. The van der Waals surface area contributed by atoms with Gasteiger partial charge >= 0.3 is 5.97 Å². The quantitative estimate of drug-likeness (QED) is 0.529. The fraction of sp³-hybridized carbons (Fsp3) is 0.786. The number of ether oxygens (including phenoxy) is 1. The van der Waals surface area contributed by atoms with E-state index in [1.165, 1.54) is 12.8 Å². The van der Waals surface area contributed by atoms with E-state index in [0.29, 0.717) is 16.9 Å². The van der Waals surface area contributed by atoms with Gasteiger partial charge in [-0.15, -0.1) is 0 Å². The van der Waals surface area contributed by atoms with E-state index in [4.69, 9.17) is 4.74 Å². The van der Waals surface area contributed by atoms with E-state index >= 15 is 0 Å². The van der Waals surface area contributed by atoms with E-state index in [1.54, 1.807) is 6.92 Å². The molecule has 90 valence electrons. The third-order valence-electron chi connectivity index (χ3n) is 5.31. The summed E-state index contributed by atoms with van der Waals surface area (Å²) in [5.74, 6) is 0.481. The van der Waals surface area contributed by atoms with Crippen molar-refractivity contribution in [2.45, 2.75) is 53.1 Å². The van der Waals surface area contributed by atoms with E-state index < -0.39 is 0 Å². The summed E-state index contributed by atoms with van der Waals surface area (Å²) < 4.78 is 5.61. The van der Waals surface area contributed by atoms with Crippen molar-refractivity contribution < 1.29 is 9.53 Å². The van der Waals surface area contributed by atoms with E-state index in [9.17, 15) is 4.79 Å². The van der Waals surface area contributed by atoms with Gasteiger partial charge in [-0.25, -0.2) is 4.79 Å². The van der Waals surface area contributed by atoms with Gasteiger partial charge in [0.05, 0.1) is 0 Å². The summed E-state index contributed by atoms with van der Waals surface area (Å²) in [7, 11) is 0. The van der Waals surface area contributed by atoms with Crippen LogP contribution in [0.3, 0.4) is 0 Å². The Morgan fingerprint density at radius 3 is 2.38 bits per heavy atom. The lowest BCUT2D eigenvalue weighted by atomic mass is 9.70. The maximum absolute atomic E-state index is 11.6. The molecule has 3 atom stereocenters. The molecule has 0 N–H and O–H groups in total. The van der Waals surface area contributed by atoms with Gasteiger partial charge in [-0.05, 0) is 37.5 Å². The molecule has 2 heteroatoms. The average Bonchev–Trinajstić information content (AvgIpc) is 2.50. The molecule has 0 spiro atoms. The first-order chi connectivity index (χ1) is 7.29. The number of hydrogen-bond donors (Lipinski definition) is 0. The van der Waals surface area contributed by atoms with Gasteiger partial charge in [-0.3, -0.25) is 0 Å². The first-order valence-electron chi connectivity index (χ1n) is 6.15. The van der Waals surface area contributed by atoms with Crippen LogP contribution < -0.4 is 0 Å². The Morgan fingerprint density at radius 1 is 1.38 bits per heavy atom. The minimum absolute atomic E-state index is 0.0884. The molecule has 0 aliphatic heterocycles. The number of rotatable bonds is 2. The zero-order valence-electron chi connectivity index (χ0n) is 10.8. The summed E-state index contributed by atoms with van der Waals surface area (Å²) in [5.41, 5.74) is 0.958. The fourth-order valence-electron chi connectivity index (χ4n) is 3.54. The van der Waals surface area contributed by atoms with Crippen molar-refractivity contribution in [1.82, 2.24) is 0 Å². The zero-order valence-corrected chi connectivity index (χ0v) is 10.8. The molecule has 2 rings (SSSR count). The molecule has 0 aromatic rings. The van der Waals surface area contributed by atoms with Crippen molar-refractivity contribution in [2.24, 2.45) is 16.7 Å². The van der Waals surface area contributed by atoms with Crippen molar-refractivity contribution >= 4 is 5.97 Å². The standard InChI is InChI=1S/C14H22O2/c1-9(2)12(15)16-11-8-10-6-7-14(11,5)13(10,3)4/h10-11H,1,6-8H2,2-5H3/t10-,11+,14-/m0/s1. The molecule has 0 amide bonds. The van der Waals surface area contributed by atoms with Crippen molar-refractivity contribution in [3.8, 4) is 0 Å². The summed E-state index contributed by atoms with van der Waals surface area (Å²) in [6.07, 6.45) is 3.58.